The number of halogens is 2. The van der Waals surface area contributed by atoms with Crippen LogP contribution in [-0.4, -0.2) is 11.9 Å². The van der Waals surface area contributed by atoms with Gasteiger partial charge in [-0.3, -0.25) is 4.79 Å². The van der Waals surface area contributed by atoms with E-state index in [0.717, 1.165) is 16.5 Å². The molecule has 0 aliphatic rings. The molecule has 0 heterocycles. The van der Waals surface area contributed by atoms with Crippen LogP contribution in [0, 0.1) is 0 Å². The fourth-order valence-electron chi connectivity index (χ4n) is 1.67. The van der Waals surface area contributed by atoms with E-state index in [9.17, 15) is 4.79 Å². The topological polar surface area (TPSA) is 55.1 Å². The maximum atomic E-state index is 11.8. The van der Waals surface area contributed by atoms with Gasteiger partial charge >= 0.3 is 0 Å². The van der Waals surface area contributed by atoms with E-state index >= 15 is 0 Å². The van der Waals surface area contributed by atoms with Gasteiger partial charge in [-0.2, -0.15) is 0 Å². The summed E-state index contributed by atoms with van der Waals surface area (Å²) in [5, 5.41) is 2.93. The molecule has 18 heavy (non-hydrogen) atoms. The average Bonchev–Trinajstić information content (AvgIpc) is 2.29. The van der Waals surface area contributed by atoms with Gasteiger partial charge in [-0.25, -0.2) is 0 Å². The minimum Gasteiger partial charge on any atom is -0.348 e. The van der Waals surface area contributed by atoms with Crippen LogP contribution in [0.5, 0.6) is 0 Å². The van der Waals surface area contributed by atoms with Crippen molar-refractivity contribution in [2.45, 2.75) is 38.8 Å². The minimum absolute atomic E-state index is 0. The number of benzene rings is 1. The van der Waals surface area contributed by atoms with Crippen molar-refractivity contribution in [3.8, 4) is 0 Å². The van der Waals surface area contributed by atoms with Crippen molar-refractivity contribution in [2.75, 3.05) is 0 Å². The smallest absolute Gasteiger partial charge is 0.237 e. The molecule has 0 aliphatic heterocycles. The third-order valence-corrected chi connectivity index (χ3v) is 3.39. The van der Waals surface area contributed by atoms with Crippen molar-refractivity contribution in [1.29, 1.82) is 0 Å². The summed E-state index contributed by atoms with van der Waals surface area (Å²) in [4.78, 5) is 11.8. The molecule has 102 valence electrons. The minimum atomic E-state index is -0.412. The molecule has 0 spiro atoms. The number of carbonyl (C=O) groups is 1. The number of nitrogens with two attached hydrogens (primary N) is 1. The third-order valence-electron chi connectivity index (χ3n) is 2.67. The lowest BCUT2D eigenvalue weighted by Gasteiger charge is -2.18. The Morgan fingerprint density at radius 1 is 1.44 bits per heavy atom. The Kier molecular flexibility index (Phi) is 8.24. The molecule has 0 saturated carbocycles. The summed E-state index contributed by atoms with van der Waals surface area (Å²) in [5.41, 5.74) is 6.83. The van der Waals surface area contributed by atoms with Crippen molar-refractivity contribution in [1.82, 2.24) is 5.32 Å². The zero-order valence-corrected chi connectivity index (χ0v) is 13.1. The van der Waals surface area contributed by atoms with Gasteiger partial charge in [0.1, 0.15) is 0 Å². The van der Waals surface area contributed by atoms with Crippen molar-refractivity contribution >= 4 is 34.2 Å². The van der Waals surface area contributed by atoms with E-state index in [0.29, 0.717) is 6.42 Å². The Bertz CT molecular complexity index is 387. The first kappa shape index (κ1) is 17.4. The molecular weight excluding hydrogens is 316 g/mol. The number of rotatable bonds is 5. The lowest BCUT2D eigenvalue weighted by atomic mass is 10.1. The molecular formula is C13H20BrClN2O. The van der Waals surface area contributed by atoms with E-state index in [-0.39, 0.29) is 24.4 Å². The number of carbonyl (C=O) groups excluding carboxylic acids is 1. The van der Waals surface area contributed by atoms with Crippen LogP contribution in [0.2, 0.25) is 0 Å². The Balaban J connectivity index is 0.00000289. The zero-order valence-electron chi connectivity index (χ0n) is 10.7. The summed E-state index contributed by atoms with van der Waals surface area (Å²) in [6.45, 7) is 3.97. The molecule has 1 aromatic rings. The second-order valence-corrected chi connectivity index (χ2v) is 5.00. The molecule has 2 atom stereocenters. The summed E-state index contributed by atoms with van der Waals surface area (Å²) in [6.07, 6.45) is 1.63. The Hall–Kier alpha value is -0.580. The van der Waals surface area contributed by atoms with Crippen LogP contribution in [0.15, 0.2) is 28.7 Å². The molecule has 3 nitrogen and oxygen atoms in total. The lowest BCUT2D eigenvalue weighted by molar-refractivity contribution is -0.123. The second-order valence-electron chi connectivity index (χ2n) is 4.15. The molecule has 2 unspecified atom stereocenters. The van der Waals surface area contributed by atoms with Gasteiger partial charge in [-0.15, -0.1) is 12.4 Å². The van der Waals surface area contributed by atoms with E-state index in [1.807, 2.05) is 38.1 Å². The normalized spacial score (nSPS) is 13.3. The van der Waals surface area contributed by atoms with E-state index in [1.165, 1.54) is 0 Å². The molecule has 0 aliphatic carbocycles. The van der Waals surface area contributed by atoms with Gasteiger partial charge in [0, 0.05) is 4.47 Å². The average molecular weight is 336 g/mol. The van der Waals surface area contributed by atoms with Crippen LogP contribution in [0.4, 0.5) is 0 Å². The molecule has 0 aromatic heterocycles. The zero-order chi connectivity index (χ0) is 12.8. The summed E-state index contributed by atoms with van der Waals surface area (Å²) in [5.74, 6) is -0.0879. The third kappa shape index (κ3) is 4.96. The Labute approximate surface area is 123 Å². The van der Waals surface area contributed by atoms with Gasteiger partial charge in [-0.1, -0.05) is 47.5 Å². The largest absolute Gasteiger partial charge is 0.348 e. The summed E-state index contributed by atoms with van der Waals surface area (Å²) in [7, 11) is 0. The molecule has 1 aromatic carbocycles. The summed E-state index contributed by atoms with van der Waals surface area (Å²) < 4.78 is 0.997. The monoisotopic (exact) mass is 334 g/mol. The van der Waals surface area contributed by atoms with Gasteiger partial charge in [0.05, 0.1) is 12.1 Å². The van der Waals surface area contributed by atoms with Crippen LogP contribution in [0.25, 0.3) is 0 Å². The molecule has 3 N–H and O–H groups in total. The van der Waals surface area contributed by atoms with Crippen LogP contribution < -0.4 is 11.1 Å². The highest BCUT2D eigenvalue weighted by Gasteiger charge is 2.16. The van der Waals surface area contributed by atoms with E-state index in [2.05, 4.69) is 21.2 Å². The predicted molar refractivity (Wildman–Crippen MR) is 80.8 cm³/mol. The van der Waals surface area contributed by atoms with Crippen LogP contribution in [-0.2, 0) is 4.79 Å². The van der Waals surface area contributed by atoms with E-state index in [4.69, 9.17) is 5.73 Å². The predicted octanol–water partition coefficient (Wildman–Crippen LogP) is 3.18. The van der Waals surface area contributed by atoms with Crippen LogP contribution >= 0.6 is 28.3 Å². The van der Waals surface area contributed by atoms with Crippen LogP contribution in [0.1, 0.15) is 38.3 Å². The molecule has 0 radical (unpaired) electrons. The van der Waals surface area contributed by atoms with E-state index in [1.54, 1.807) is 0 Å². The number of nitrogens with one attached hydrogen (secondary N) is 1. The first-order valence-electron chi connectivity index (χ1n) is 5.86. The number of hydrogen-bond acceptors (Lipinski definition) is 2. The first-order valence-corrected chi connectivity index (χ1v) is 6.66. The second kappa shape index (κ2) is 8.51. The highest BCUT2D eigenvalue weighted by Crippen LogP contribution is 2.22. The molecule has 1 rings (SSSR count). The maximum Gasteiger partial charge on any atom is 0.237 e. The Morgan fingerprint density at radius 3 is 2.61 bits per heavy atom. The molecule has 0 bridgehead atoms. The molecule has 0 saturated heterocycles. The summed E-state index contributed by atoms with van der Waals surface area (Å²) >= 11 is 3.47. The van der Waals surface area contributed by atoms with Crippen molar-refractivity contribution in [3.63, 3.8) is 0 Å². The van der Waals surface area contributed by atoms with Gasteiger partial charge in [-0.05, 0) is 25.0 Å². The van der Waals surface area contributed by atoms with Gasteiger partial charge in [0.15, 0.2) is 0 Å². The lowest BCUT2D eigenvalue weighted by Crippen LogP contribution is -2.41. The molecule has 5 heteroatoms. The van der Waals surface area contributed by atoms with Crippen molar-refractivity contribution in [3.05, 3.63) is 34.3 Å². The SMILES string of the molecule is CCCC(N)C(=O)NC(C)c1ccccc1Br.Cl. The Morgan fingerprint density at radius 2 is 2.06 bits per heavy atom. The standard InChI is InChI=1S/C13H19BrN2O.ClH/c1-3-6-12(15)13(17)16-9(2)10-7-4-5-8-11(10)14;/h4-5,7-9,12H,3,6,15H2,1-2H3,(H,16,17);1H. The summed E-state index contributed by atoms with van der Waals surface area (Å²) in [6, 6.07) is 7.40. The maximum absolute atomic E-state index is 11.8. The van der Waals surface area contributed by atoms with Gasteiger partial charge in [0.25, 0.3) is 0 Å². The van der Waals surface area contributed by atoms with E-state index < -0.39 is 6.04 Å². The van der Waals surface area contributed by atoms with Gasteiger partial charge < -0.3 is 11.1 Å². The highest BCUT2D eigenvalue weighted by atomic mass is 79.9. The fourth-order valence-corrected chi connectivity index (χ4v) is 2.29. The van der Waals surface area contributed by atoms with Gasteiger partial charge in [0.2, 0.25) is 5.91 Å². The van der Waals surface area contributed by atoms with Crippen LogP contribution in [0.3, 0.4) is 0 Å². The quantitative estimate of drug-likeness (QED) is 0.868. The van der Waals surface area contributed by atoms with Crippen molar-refractivity contribution < 1.29 is 4.79 Å². The molecule has 1 amide bonds. The fraction of sp³-hybridized carbons (Fsp3) is 0.462. The highest BCUT2D eigenvalue weighted by molar-refractivity contribution is 9.10. The molecule has 0 fully saturated rings. The number of amides is 1. The number of hydrogen-bond donors (Lipinski definition) is 2. The first-order chi connectivity index (χ1) is 8.06. The van der Waals surface area contributed by atoms with Crippen molar-refractivity contribution in [2.24, 2.45) is 5.73 Å².